The lowest BCUT2D eigenvalue weighted by molar-refractivity contribution is 0.355. The first-order valence-corrected chi connectivity index (χ1v) is 6.47. The molecule has 0 amide bonds. The highest BCUT2D eigenvalue weighted by Crippen LogP contribution is 2.22. The van der Waals surface area contributed by atoms with Gasteiger partial charge in [0.25, 0.3) is 0 Å². The summed E-state index contributed by atoms with van der Waals surface area (Å²) in [5, 5.41) is 8.06. The van der Waals surface area contributed by atoms with E-state index in [0.717, 1.165) is 36.0 Å². The summed E-state index contributed by atoms with van der Waals surface area (Å²) < 4.78 is 5.32. The molecule has 5 heteroatoms. The second kappa shape index (κ2) is 5.08. The van der Waals surface area contributed by atoms with E-state index in [2.05, 4.69) is 15.5 Å². The number of nitrogens with one attached hydrogen (secondary N) is 1. The van der Waals surface area contributed by atoms with Crippen LogP contribution in [0.3, 0.4) is 0 Å². The smallest absolute Gasteiger partial charge is 0.231 e. The summed E-state index contributed by atoms with van der Waals surface area (Å²) in [7, 11) is 0. The molecule has 2 aromatic rings. The van der Waals surface area contributed by atoms with E-state index in [4.69, 9.17) is 16.1 Å². The lowest BCUT2D eigenvalue weighted by Crippen LogP contribution is -2.08. The topological polar surface area (TPSA) is 51.0 Å². The highest BCUT2D eigenvalue weighted by Gasteiger charge is 2.22. The van der Waals surface area contributed by atoms with Crippen LogP contribution in [0.25, 0.3) is 0 Å². The predicted molar refractivity (Wildman–Crippen MR) is 68.8 cm³/mol. The lowest BCUT2D eigenvalue weighted by atomic mass is 10.1. The van der Waals surface area contributed by atoms with E-state index >= 15 is 0 Å². The zero-order valence-corrected chi connectivity index (χ0v) is 10.7. The van der Waals surface area contributed by atoms with E-state index in [9.17, 15) is 0 Å². The van der Waals surface area contributed by atoms with Crippen LogP contribution >= 0.6 is 11.6 Å². The molecule has 94 valence electrons. The Hall–Kier alpha value is -1.39. The Morgan fingerprint density at radius 1 is 1.39 bits per heavy atom. The van der Waals surface area contributed by atoms with Gasteiger partial charge >= 0.3 is 0 Å². The number of halogens is 1. The molecule has 0 radical (unpaired) electrons. The molecule has 1 N–H and O–H groups in total. The normalized spacial score (nSPS) is 19.3. The summed E-state index contributed by atoms with van der Waals surface area (Å²) in [6.45, 7) is 1.95. The number of nitrogens with zero attached hydrogens (tertiary/aromatic N) is 2. The fourth-order valence-electron chi connectivity index (χ4n) is 2.18. The van der Waals surface area contributed by atoms with Gasteiger partial charge in [0.05, 0.1) is 5.92 Å². The molecule has 0 aliphatic carbocycles. The summed E-state index contributed by atoms with van der Waals surface area (Å²) in [4.78, 5) is 4.45. The summed E-state index contributed by atoms with van der Waals surface area (Å²) in [6.07, 6.45) is 1.68. The zero-order valence-electron chi connectivity index (χ0n) is 9.90. The third-order valence-electron chi connectivity index (χ3n) is 3.20. The highest BCUT2D eigenvalue weighted by molar-refractivity contribution is 6.31. The summed E-state index contributed by atoms with van der Waals surface area (Å²) in [6, 6.07) is 7.73. The van der Waals surface area contributed by atoms with Gasteiger partial charge in [0, 0.05) is 18.0 Å². The van der Waals surface area contributed by atoms with Crippen molar-refractivity contribution in [3.8, 4) is 0 Å². The fourth-order valence-corrected chi connectivity index (χ4v) is 2.39. The van der Waals surface area contributed by atoms with Crippen molar-refractivity contribution >= 4 is 11.6 Å². The van der Waals surface area contributed by atoms with Crippen LogP contribution in [0.15, 0.2) is 28.8 Å². The summed E-state index contributed by atoms with van der Waals surface area (Å²) in [5.41, 5.74) is 1.02. The van der Waals surface area contributed by atoms with Crippen molar-refractivity contribution in [2.24, 2.45) is 0 Å². The van der Waals surface area contributed by atoms with E-state index < -0.39 is 0 Å². The van der Waals surface area contributed by atoms with Gasteiger partial charge < -0.3 is 9.84 Å². The van der Waals surface area contributed by atoms with Crippen molar-refractivity contribution in [2.45, 2.75) is 18.8 Å². The molecule has 0 unspecified atom stereocenters. The van der Waals surface area contributed by atoms with Crippen LogP contribution in [0.5, 0.6) is 0 Å². The van der Waals surface area contributed by atoms with Gasteiger partial charge in [-0.3, -0.25) is 0 Å². The van der Waals surface area contributed by atoms with Gasteiger partial charge in [0.2, 0.25) is 5.89 Å². The Balaban J connectivity index is 1.75. The molecule has 1 atom stereocenters. The maximum atomic E-state index is 6.11. The quantitative estimate of drug-likeness (QED) is 0.924. The lowest BCUT2D eigenvalue weighted by Gasteiger charge is -2.00. The minimum Gasteiger partial charge on any atom is -0.339 e. The second-order valence-electron chi connectivity index (χ2n) is 4.51. The monoisotopic (exact) mass is 263 g/mol. The average molecular weight is 264 g/mol. The molecule has 1 aromatic carbocycles. The number of hydrogen-bond donors (Lipinski definition) is 1. The molecular weight excluding hydrogens is 250 g/mol. The van der Waals surface area contributed by atoms with Crippen LogP contribution in [-0.4, -0.2) is 23.2 Å². The molecule has 1 saturated heterocycles. The van der Waals surface area contributed by atoms with E-state index in [1.807, 2.05) is 24.3 Å². The standard InChI is InChI=1S/C13H14ClN3O/c14-11-4-2-1-3-9(11)7-12-16-13(18-17-12)10-5-6-15-8-10/h1-4,10,15H,5-8H2/t10-/m1/s1. The molecule has 1 aliphatic heterocycles. The Morgan fingerprint density at radius 2 is 2.28 bits per heavy atom. The van der Waals surface area contributed by atoms with Crippen molar-refractivity contribution in [1.29, 1.82) is 0 Å². The minimum atomic E-state index is 0.359. The molecule has 1 fully saturated rings. The molecular formula is C13H14ClN3O. The van der Waals surface area contributed by atoms with E-state index in [1.54, 1.807) is 0 Å². The Labute approximate surface area is 110 Å². The van der Waals surface area contributed by atoms with Crippen molar-refractivity contribution < 1.29 is 4.52 Å². The van der Waals surface area contributed by atoms with Gasteiger partial charge in [0.1, 0.15) is 0 Å². The molecule has 0 spiro atoms. The van der Waals surface area contributed by atoms with E-state index in [0.29, 0.717) is 18.2 Å². The van der Waals surface area contributed by atoms with E-state index in [-0.39, 0.29) is 0 Å². The highest BCUT2D eigenvalue weighted by atomic mass is 35.5. The second-order valence-corrected chi connectivity index (χ2v) is 4.91. The largest absolute Gasteiger partial charge is 0.339 e. The SMILES string of the molecule is Clc1ccccc1Cc1noc([C@@H]2CCNC2)n1. The number of benzene rings is 1. The maximum absolute atomic E-state index is 6.11. The molecule has 4 nitrogen and oxygen atoms in total. The minimum absolute atomic E-state index is 0.359. The first kappa shape index (κ1) is 11.7. The van der Waals surface area contributed by atoms with Crippen molar-refractivity contribution in [3.63, 3.8) is 0 Å². The predicted octanol–water partition coefficient (Wildman–Crippen LogP) is 2.39. The van der Waals surface area contributed by atoms with Gasteiger partial charge in [-0.2, -0.15) is 4.98 Å². The Kier molecular flexibility index (Phi) is 3.30. The average Bonchev–Trinajstić information content (AvgIpc) is 3.02. The number of hydrogen-bond acceptors (Lipinski definition) is 4. The van der Waals surface area contributed by atoms with Gasteiger partial charge in [-0.1, -0.05) is 35.0 Å². The van der Waals surface area contributed by atoms with Crippen LogP contribution in [0.4, 0.5) is 0 Å². The van der Waals surface area contributed by atoms with Gasteiger partial charge in [-0.05, 0) is 24.6 Å². The van der Waals surface area contributed by atoms with Crippen molar-refractivity contribution in [1.82, 2.24) is 15.5 Å². The Morgan fingerprint density at radius 3 is 3.06 bits per heavy atom. The molecule has 2 heterocycles. The van der Waals surface area contributed by atoms with Crippen LogP contribution in [-0.2, 0) is 6.42 Å². The summed E-state index contributed by atoms with van der Waals surface area (Å²) in [5.74, 6) is 1.80. The Bertz CT molecular complexity index is 535. The van der Waals surface area contributed by atoms with Crippen LogP contribution in [0, 0.1) is 0 Å². The molecule has 18 heavy (non-hydrogen) atoms. The van der Waals surface area contributed by atoms with Gasteiger partial charge in [0.15, 0.2) is 5.82 Å². The first-order chi connectivity index (χ1) is 8.83. The molecule has 0 saturated carbocycles. The zero-order chi connectivity index (χ0) is 12.4. The van der Waals surface area contributed by atoms with Crippen LogP contribution in [0.2, 0.25) is 5.02 Å². The molecule has 1 aliphatic rings. The molecule has 1 aromatic heterocycles. The van der Waals surface area contributed by atoms with Crippen molar-refractivity contribution in [3.05, 3.63) is 46.6 Å². The molecule has 3 rings (SSSR count). The number of rotatable bonds is 3. The number of aromatic nitrogens is 2. The fraction of sp³-hybridized carbons (Fsp3) is 0.385. The summed E-state index contributed by atoms with van der Waals surface area (Å²) >= 11 is 6.11. The third kappa shape index (κ3) is 2.40. The van der Waals surface area contributed by atoms with Crippen LogP contribution < -0.4 is 5.32 Å². The molecule has 0 bridgehead atoms. The van der Waals surface area contributed by atoms with E-state index in [1.165, 1.54) is 0 Å². The van der Waals surface area contributed by atoms with Gasteiger partial charge in [-0.15, -0.1) is 0 Å². The maximum Gasteiger partial charge on any atom is 0.231 e. The van der Waals surface area contributed by atoms with Crippen LogP contribution in [0.1, 0.15) is 29.6 Å². The van der Waals surface area contributed by atoms with Crippen molar-refractivity contribution in [2.75, 3.05) is 13.1 Å². The first-order valence-electron chi connectivity index (χ1n) is 6.09. The van der Waals surface area contributed by atoms with Gasteiger partial charge in [-0.25, -0.2) is 0 Å². The third-order valence-corrected chi connectivity index (χ3v) is 3.57.